The summed E-state index contributed by atoms with van der Waals surface area (Å²) in [5.41, 5.74) is 4.58. The van der Waals surface area contributed by atoms with Crippen LogP contribution in [0.4, 0.5) is 0 Å². The fourth-order valence-corrected chi connectivity index (χ4v) is 5.38. The maximum Gasteiger partial charge on any atom is 0.464 e. The minimum absolute atomic E-state index is 0.0495. The number of benzene rings is 2. The third-order valence-corrected chi connectivity index (χ3v) is 7.91. The lowest BCUT2D eigenvalue weighted by Crippen LogP contribution is -2.39. The third-order valence-electron chi connectivity index (χ3n) is 7.91. The largest absolute Gasteiger partial charge is 0.464 e. The van der Waals surface area contributed by atoms with Crippen molar-refractivity contribution in [3.8, 4) is 22.8 Å². The number of nitrogens with zero attached hydrogens (tertiary/aromatic N) is 3. The summed E-state index contributed by atoms with van der Waals surface area (Å²) in [7, 11) is -0.352. The molecule has 0 aliphatic heterocycles. The molecule has 2 aromatic carbocycles. The molecule has 0 spiro atoms. The molecular weight excluding hydrogens is 509 g/mol. The molecule has 0 saturated carbocycles. The Morgan fingerprint density at radius 1 is 0.927 bits per heavy atom. The lowest BCUT2D eigenvalue weighted by atomic mass is 9.65. The van der Waals surface area contributed by atoms with Gasteiger partial charge in [-0.15, -0.1) is 0 Å². The smallest absolute Gasteiger partial charge is 0.456 e. The van der Waals surface area contributed by atoms with Gasteiger partial charge >= 0.3 is 7.12 Å². The fraction of sp³-hybridized carbons (Fsp3) is 0.324. The molecule has 0 amide bonds. The van der Waals surface area contributed by atoms with E-state index in [9.17, 15) is 0 Å². The average Bonchev–Trinajstić information content (AvgIpc) is 3.39. The van der Waals surface area contributed by atoms with Gasteiger partial charge in [-0.3, -0.25) is 0 Å². The van der Waals surface area contributed by atoms with E-state index in [1.807, 2.05) is 49.4 Å². The van der Waals surface area contributed by atoms with Crippen LogP contribution in [0.15, 0.2) is 77.3 Å². The number of fused-ring (bicyclic) bond motifs is 3. The topological polar surface area (TPSA) is 70.3 Å². The van der Waals surface area contributed by atoms with Crippen molar-refractivity contribution in [1.82, 2.24) is 15.0 Å². The summed E-state index contributed by atoms with van der Waals surface area (Å²) in [4.78, 5) is 14.9. The van der Waals surface area contributed by atoms with Gasteiger partial charge in [0.2, 0.25) is 0 Å². The molecule has 1 unspecified atom stereocenters. The third kappa shape index (κ3) is 5.70. The summed E-state index contributed by atoms with van der Waals surface area (Å²) in [6.45, 7) is 8.96. The van der Waals surface area contributed by atoms with Gasteiger partial charge in [-0.25, -0.2) is 15.0 Å². The highest BCUT2D eigenvalue weighted by Crippen LogP contribution is 2.41. The van der Waals surface area contributed by atoms with Gasteiger partial charge in [0.05, 0.1) is 0 Å². The standard InChI is InChI=1S/C34H36BN3O3/c1-5-34(3,4)41-35(39-6-2)25-20-21-28-27(22-25)30-26(18-13-19-29(30)40-28)33-37-31(23-14-9-7-10-15-23)36-32(38-33)24-16-11-8-12-17-24/h7,9-11,13-21,25H,5-6,8,12,22H2,1-4H3. The normalized spacial score (nSPS) is 16.6. The Hall–Kier alpha value is -3.81. The second kappa shape index (κ2) is 11.6. The molecule has 4 aromatic rings. The van der Waals surface area contributed by atoms with Crippen molar-refractivity contribution in [1.29, 1.82) is 0 Å². The van der Waals surface area contributed by atoms with Gasteiger partial charge in [-0.2, -0.15) is 0 Å². The zero-order chi connectivity index (χ0) is 28.4. The molecule has 0 bridgehead atoms. The van der Waals surface area contributed by atoms with Crippen LogP contribution in [0.2, 0.25) is 5.82 Å². The second-order valence-electron chi connectivity index (χ2n) is 11.2. The van der Waals surface area contributed by atoms with Crippen molar-refractivity contribution in [2.24, 2.45) is 0 Å². The molecule has 0 N–H and O–H groups in total. The van der Waals surface area contributed by atoms with Crippen molar-refractivity contribution in [2.75, 3.05) is 6.61 Å². The number of allylic oxidation sites excluding steroid dienone is 5. The Balaban J connectivity index is 1.46. The van der Waals surface area contributed by atoms with E-state index < -0.39 is 0 Å². The molecule has 0 fully saturated rings. The predicted molar refractivity (Wildman–Crippen MR) is 166 cm³/mol. The Labute approximate surface area is 242 Å². The number of furan rings is 1. The van der Waals surface area contributed by atoms with E-state index in [2.05, 4.69) is 57.2 Å². The Morgan fingerprint density at radius 2 is 1.73 bits per heavy atom. The van der Waals surface area contributed by atoms with E-state index in [1.165, 1.54) is 0 Å². The summed E-state index contributed by atoms with van der Waals surface area (Å²) >= 11 is 0. The Bertz CT molecular complexity index is 1640. The van der Waals surface area contributed by atoms with Gasteiger partial charge in [0.1, 0.15) is 11.3 Å². The summed E-state index contributed by atoms with van der Waals surface area (Å²) in [6, 6.07) is 16.2. The van der Waals surface area contributed by atoms with Crippen molar-refractivity contribution in [3.63, 3.8) is 0 Å². The maximum atomic E-state index is 6.48. The molecule has 208 valence electrons. The van der Waals surface area contributed by atoms with E-state index >= 15 is 0 Å². The number of hydrogen-bond acceptors (Lipinski definition) is 6. The van der Waals surface area contributed by atoms with E-state index in [4.69, 9.17) is 28.7 Å². The summed E-state index contributed by atoms with van der Waals surface area (Å²) < 4.78 is 19.0. The molecule has 2 aromatic heterocycles. The first-order valence-electron chi connectivity index (χ1n) is 14.7. The van der Waals surface area contributed by atoms with Crippen LogP contribution in [0.1, 0.15) is 64.1 Å². The van der Waals surface area contributed by atoms with Crippen molar-refractivity contribution in [3.05, 3.63) is 90.0 Å². The van der Waals surface area contributed by atoms with Crippen molar-refractivity contribution < 1.29 is 13.7 Å². The zero-order valence-corrected chi connectivity index (χ0v) is 24.3. The van der Waals surface area contributed by atoms with Crippen LogP contribution in [-0.2, 0) is 15.7 Å². The highest BCUT2D eigenvalue weighted by molar-refractivity contribution is 6.47. The minimum Gasteiger partial charge on any atom is -0.456 e. The van der Waals surface area contributed by atoms with Gasteiger partial charge in [0.15, 0.2) is 17.5 Å². The average molecular weight is 545 g/mol. The highest BCUT2D eigenvalue weighted by Gasteiger charge is 2.37. The summed E-state index contributed by atoms with van der Waals surface area (Å²) in [5.74, 6) is 2.89. The van der Waals surface area contributed by atoms with Crippen LogP contribution in [0.25, 0.3) is 45.4 Å². The van der Waals surface area contributed by atoms with Gasteiger partial charge in [0, 0.05) is 45.7 Å². The fourth-order valence-electron chi connectivity index (χ4n) is 5.38. The van der Waals surface area contributed by atoms with E-state index in [-0.39, 0.29) is 18.5 Å². The van der Waals surface area contributed by atoms with Gasteiger partial charge in [-0.05, 0) is 58.6 Å². The molecule has 7 heteroatoms. The van der Waals surface area contributed by atoms with Gasteiger partial charge < -0.3 is 13.7 Å². The van der Waals surface area contributed by atoms with E-state index in [0.29, 0.717) is 24.1 Å². The molecule has 0 radical (unpaired) electrons. The minimum atomic E-state index is -0.352. The molecule has 0 saturated heterocycles. The molecule has 6 rings (SSSR count). The highest BCUT2D eigenvalue weighted by atomic mass is 16.6. The molecule has 2 heterocycles. The predicted octanol–water partition coefficient (Wildman–Crippen LogP) is 8.35. The Morgan fingerprint density at radius 3 is 2.49 bits per heavy atom. The zero-order valence-electron chi connectivity index (χ0n) is 24.3. The second-order valence-corrected chi connectivity index (χ2v) is 11.2. The number of rotatable bonds is 9. The summed E-state index contributed by atoms with van der Waals surface area (Å²) in [5, 5.41) is 1.03. The van der Waals surface area contributed by atoms with Crippen LogP contribution >= 0.6 is 0 Å². The number of hydrogen-bond donors (Lipinski definition) is 0. The lowest BCUT2D eigenvalue weighted by molar-refractivity contribution is 0.0616. The lowest BCUT2D eigenvalue weighted by Gasteiger charge is -2.31. The Kier molecular flexibility index (Phi) is 7.74. The quantitative estimate of drug-likeness (QED) is 0.197. The van der Waals surface area contributed by atoms with E-state index in [1.54, 1.807) is 0 Å². The molecule has 2 aliphatic rings. The molecule has 1 atom stereocenters. The van der Waals surface area contributed by atoms with E-state index in [0.717, 1.165) is 64.7 Å². The van der Waals surface area contributed by atoms with Crippen molar-refractivity contribution >= 4 is 29.7 Å². The summed E-state index contributed by atoms with van der Waals surface area (Å²) in [6.07, 6.45) is 14.4. The van der Waals surface area contributed by atoms with Gasteiger partial charge in [-0.1, -0.05) is 73.7 Å². The molecule has 6 nitrogen and oxygen atoms in total. The van der Waals surface area contributed by atoms with Crippen LogP contribution in [0.5, 0.6) is 0 Å². The first kappa shape index (κ1) is 27.4. The van der Waals surface area contributed by atoms with Crippen LogP contribution in [0, 0.1) is 0 Å². The van der Waals surface area contributed by atoms with Crippen LogP contribution < -0.4 is 0 Å². The first-order chi connectivity index (χ1) is 20.0. The SMILES string of the molecule is CCOB(OC(C)(C)CC)C1C=Cc2oc3cccc(-c4nc(C5=CCCC=C5)nc(-c5ccccc5)n4)c3c2C1. The molecule has 2 aliphatic carbocycles. The first-order valence-corrected chi connectivity index (χ1v) is 14.7. The maximum absolute atomic E-state index is 6.48. The van der Waals surface area contributed by atoms with Gasteiger partial charge in [0.25, 0.3) is 0 Å². The van der Waals surface area contributed by atoms with Crippen molar-refractivity contribution in [2.45, 2.75) is 64.8 Å². The van der Waals surface area contributed by atoms with Crippen LogP contribution in [0.3, 0.4) is 0 Å². The molecule has 41 heavy (non-hydrogen) atoms. The number of aromatic nitrogens is 3. The monoisotopic (exact) mass is 545 g/mol. The molecular formula is C34H36BN3O3. The van der Waals surface area contributed by atoms with Crippen LogP contribution in [-0.4, -0.2) is 34.3 Å².